The van der Waals surface area contributed by atoms with Gasteiger partial charge in [-0.05, 0) is 12.5 Å². The second kappa shape index (κ2) is 8.59. The molecule has 0 saturated heterocycles. The second-order valence-electron chi connectivity index (χ2n) is 5.74. The number of halogens is 3. The SMILES string of the molecule is COC(=O)c1c[nH]c(C(=O)N[C@H](C)C(F)(F)F)c(OCc2ccccc2)c1=O. The summed E-state index contributed by atoms with van der Waals surface area (Å²) in [6.07, 6.45) is -3.79. The number of amides is 1. The standard InChI is InChI=1S/C18H17F3N2O5/c1-10(18(19,20)21)23-16(25)13-15(28-9-11-6-4-3-5-7-11)14(24)12(8-22-13)17(26)27-2/h3-8,10H,9H2,1-2H3,(H,22,24)(H,23,25)/t10-/m1/s1. The molecule has 150 valence electrons. The quantitative estimate of drug-likeness (QED) is 0.729. The maximum Gasteiger partial charge on any atom is 0.408 e. The fraction of sp³-hybridized carbons (Fsp3) is 0.278. The van der Waals surface area contributed by atoms with E-state index in [1.165, 1.54) is 0 Å². The lowest BCUT2D eigenvalue weighted by Crippen LogP contribution is -2.43. The van der Waals surface area contributed by atoms with Crippen LogP contribution in [0.25, 0.3) is 0 Å². The number of H-pyrrole nitrogens is 1. The van der Waals surface area contributed by atoms with Crippen LogP contribution in [0.2, 0.25) is 0 Å². The van der Waals surface area contributed by atoms with Crippen molar-refractivity contribution in [1.82, 2.24) is 10.3 Å². The molecule has 2 N–H and O–H groups in total. The van der Waals surface area contributed by atoms with E-state index in [2.05, 4.69) is 9.72 Å². The van der Waals surface area contributed by atoms with Gasteiger partial charge in [0.2, 0.25) is 5.43 Å². The minimum Gasteiger partial charge on any atom is -0.483 e. The molecular weight excluding hydrogens is 381 g/mol. The van der Waals surface area contributed by atoms with E-state index < -0.39 is 46.5 Å². The summed E-state index contributed by atoms with van der Waals surface area (Å²) in [5.41, 5.74) is -1.33. The lowest BCUT2D eigenvalue weighted by atomic mass is 10.2. The van der Waals surface area contributed by atoms with Crippen molar-refractivity contribution in [3.05, 3.63) is 63.6 Å². The highest BCUT2D eigenvalue weighted by atomic mass is 19.4. The minimum absolute atomic E-state index is 0.149. The molecule has 7 nitrogen and oxygen atoms in total. The van der Waals surface area contributed by atoms with Crippen molar-refractivity contribution in [3.8, 4) is 5.75 Å². The van der Waals surface area contributed by atoms with E-state index in [0.29, 0.717) is 5.56 Å². The maximum absolute atomic E-state index is 12.7. The van der Waals surface area contributed by atoms with E-state index in [1.54, 1.807) is 35.6 Å². The van der Waals surface area contributed by atoms with Gasteiger partial charge in [0.15, 0.2) is 11.4 Å². The third kappa shape index (κ3) is 4.90. The Morgan fingerprint density at radius 2 is 1.86 bits per heavy atom. The average Bonchev–Trinajstić information content (AvgIpc) is 2.66. The predicted octanol–water partition coefficient (Wildman–Crippen LogP) is 2.42. The topological polar surface area (TPSA) is 97.5 Å². The monoisotopic (exact) mass is 398 g/mol. The number of hydrogen-bond acceptors (Lipinski definition) is 5. The van der Waals surface area contributed by atoms with Crippen molar-refractivity contribution in [2.24, 2.45) is 0 Å². The molecule has 1 atom stereocenters. The average molecular weight is 398 g/mol. The molecule has 10 heteroatoms. The zero-order valence-electron chi connectivity index (χ0n) is 14.9. The van der Waals surface area contributed by atoms with Gasteiger partial charge in [-0.1, -0.05) is 30.3 Å². The number of carbonyl (C=O) groups is 2. The van der Waals surface area contributed by atoms with E-state index in [1.807, 2.05) is 0 Å². The number of rotatable bonds is 6. The van der Waals surface area contributed by atoms with E-state index >= 15 is 0 Å². The number of hydrogen-bond donors (Lipinski definition) is 2. The number of aromatic nitrogens is 1. The Morgan fingerprint density at radius 1 is 1.21 bits per heavy atom. The molecule has 1 amide bonds. The van der Waals surface area contributed by atoms with Gasteiger partial charge in [0, 0.05) is 6.20 Å². The Bertz CT molecular complexity index is 910. The Hall–Kier alpha value is -3.30. The molecular formula is C18H17F3N2O5. The zero-order valence-corrected chi connectivity index (χ0v) is 14.9. The molecule has 1 aromatic heterocycles. The van der Waals surface area contributed by atoms with Crippen LogP contribution in [0.15, 0.2) is 41.3 Å². The smallest absolute Gasteiger partial charge is 0.408 e. The minimum atomic E-state index is -4.67. The molecule has 0 bridgehead atoms. The van der Waals surface area contributed by atoms with Gasteiger partial charge in [-0.2, -0.15) is 13.2 Å². The van der Waals surface area contributed by atoms with E-state index in [4.69, 9.17) is 4.74 Å². The first kappa shape index (κ1) is 21.0. The second-order valence-corrected chi connectivity index (χ2v) is 5.74. The van der Waals surface area contributed by atoms with Crippen LogP contribution in [0.1, 0.15) is 33.3 Å². The highest BCUT2D eigenvalue weighted by Crippen LogP contribution is 2.21. The number of esters is 1. The highest BCUT2D eigenvalue weighted by molar-refractivity contribution is 5.97. The summed E-state index contributed by atoms with van der Waals surface area (Å²) in [4.78, 5) is 38.9. The summed E-state index contributed by atoms with van der Waals surface area (Å²) in [6, 6.07) is 6.39. The predicted molar refractivity (Wildman–Crippen MR) is 92.2 cm³/mol. The van der Waals surface area contributed by atoms with E-state index in [9.17, 15) is 27.6 Å². The molecule has 0 radical (unpaired) electrons. The zero-order chi connectivity index (χ0) is 20.9. The molecule has 0 aliphatic carbocycles. The molecule has 1 aromatic carbocycles. The van der Waals surface area contributed by atoms with Crippen LogP contribution in [-0.2, 0) is 11.3 Å². The lowest BCUT2D eigenvalue weighted by molar-refractivity contribution is -0.149. The molecule has 0 unspecified atom stereocenters. The molecule has 0 spiro atoms. The molecule has 0 aliphatic rings. The fourth-order valence-electron chi connectivity index (χ4n) is 2.16. The third-order valence-electron chi connectivity index (χ3n) is 3.74. The van der Waals surface area contributed by atoms with Crippen LogP contribution in [0.3, 0.4) is 0 Å². The normalized spacial score (nSPS) is 12.2. The Balaban J connectivity index is 2.40. The fourth-order valence-corrected chi connectivity index (χ4v) is 2.16. The number of nitrogens with one attached hydrogen (secondary N) is 2. The Labute approximate surface area is 157 Å². The van der Waals surface area contributed by atoms with Crippen LogP contribution in [0, 0.1) is 0 Å². The first-order valence-electron chi connectivity index (χ1n) is 8.03. The number of ether oxygens (including phenoxy) is 2. The van der Waals surface area contributed by atoms with Crippen LogP contribution in [0.5, 0.6) is 5.75 Å². The van der Waals surface area contributed by atoms with Gasteiger partial charge in [-0.3, -0.25) is 9.59 Å². The highest BCUT2D eigenvalue weighted by Gasteiger charge is 2.38. The van der Waals surface area contributed by atoms with Gasteiger partial charge in [-0.15, -0.1) is 0 Å². The lowest BCUT2D eigenvalue weighted by Gasteiger charge is -2.18. The molecule has 0 fully saturated rings. The van der Waals surface area contributed by atoms with Crippen LogP contribution < -0.4 is 15.5 Å². The van der Waals surface area contributed by atoms with Crippen LogP contribution >= 0.6 is 0 Å². The molecule has 0 aliphatic heterocycles. The summed E-state index contributed by atoms with van der Waals surface area (Å²) in [5.74, 6) is -2.78. The van der Waals surface area contributed by atoms with Crippen molar-refractivity contribution in [2.45, 2.75) is 25.7 Å². The third-order valence-corrected chi connectivity index (χ3v) is 3.74. The van der Waals surface area contributed by atoms with Gasteiger partial charge >= 0.3 is 12.1 Å². The number of benzene rings is 1. The largest absolute Gasteiger partial charge is 0.483 e. The molecule has 2 rings (SSSR count). The first-order valence-corrected chi connectivity index (χ1v) is 8.03. The molecule has 2 aromatic rings. The van der Waals surface area contributed by atoms with Crippen molar-refractivity contribution >= 4 is 11.9 Å². The number of pyridine rings is 1. The van der Waals surface area contributed by atoms with Gasteiger partial charge in [0.1, 0.15) is 18.2 Å². The van der Waals surface area contributed by atoms with Crippen LogP contribution in [-0.4, -0.2) is 36.2 Å². The van der Waals surface area contributed by atoms with Gasteiger partial charge in [0.05, 0.1) is 7.11 Å². The van der Waals surface area contributed by atoms with Crippen molar-refractivity contribution in [2.75, 3.05) is 7.11 Å². The number of aromatic amines is 1. The van der Waals surface area contributed by atoms with Crippen LogP contribution in [0.4, 0.5) is 13.2 Å². The first-order chi connectivity index (χ1) is 13.1. The summed E-state index contributed by atoms with van der Waals surface area (Å²) in [5, 5.41) is 1.73. The van der Waals surface area contributed by atoms with Crippen molar-refractivity contribution in [1.29, 1.82) is 0 Å². The summed E-state index contributed by atoms with van der Waals surface area (Å²) in [7, 11) is 1.05. The summed E-state index contributed by atoms with van der Waals surface area (Å²) < 4.78 is 48.0. The summed E-state index contributed by atoms with van der Waals surface area (Å²) in [6.45, 7) is 0.604. The number of alkyl halides is 3. The molecule has 0 saturated carbocycles. The molecule has 1 heterocycles. The van der Waals surface area contributed by atoms with Gasteiger partial charge < -0.3 is 19.8 Å². The van der Waals surface area contributed by atoms with Gasteiger partial charge in [-0.25, -0.2) is 4.79 Å². The van der Waals surface area contributed by atoms with Crippen molar-refractivity contribution in [3.63, 3.8) is 0 Å². The Kier molecular flexibility index (Phi) is 6.45. The summed E-state index contributed by atoms with van der Waals surface area (Å²) >= 11 is 0. The number of carbonyl (C=O) groups excluding carboxylic acids is 2. The maximum atomic E-state index is 12.7. The molecule has 28 heavy (non-hydrogen) atoms. The Morgan fingerprint density at radius 3 is 2.43 bits per heavy atom. The number of methoxy groups -OCH3 is 1. The van der Waals surface area contributed by atoms with E-state index in [-0.39, 0.29) is 6.61 Å². The van der Waals surface area contributed by atoms with Gasteiger partial charge in [0.25, 0.3) is 5.91 Å². The van der Waals surface area contributed by atoms with Crippen molar-refractivity contribution < 1.29 is 32.2 Å². The van der Waals surface area contributed by atoms with E-state index in [0.717, 1.165) is 20.2 Å².